The van der Waals surface area contributed by atoms with Crippen molar-refractivity contribution in [1.82, 2.24) is 0 Å². The third-order valence-corrected chi connectivity index (χ3v) is 3.99. The van der Waals surface area contributed by atoms with Crippen molar-refractivity contribution in [3.63, 3.8) is 0 Å². The van der Waals surface area contributed by atoms with Crippen LogP contribution in [0, 0.1) is 11.6 Å². The van der Waals surface area contributed by atoms with E-state index in [1.54, 1.807) is 31.2 Å². The van der Waals surface area contributed by atoms with E-state index in [1.807, 2.05) is 0 Å². The van der Waals surface area contributed by atoms with Gasteiger partial charge in [0.05, 0.1) is 17.7 Å². The lowest BCUT2D eigenvalue weighted by molar-refractivity contribution is 0.0600. The Morgan fingerprint density at radius 1 is 1.17 bits per heavy atom. The Kier molecular flexibility index (Phi) is 4.28. The minimum absolute atomic E-state index is 0.139. The Balaban J connectivity index is 2.19. The van der Waals surface area contributed by atoms with E-state index in [0.717, 1.165) is 6.07 Å². The van der Waals surface area contributed by atoms with Crippen LogP contribution in [0.4, 0.5) is 8.78 Å². The van der Waals surface area contributed by atoms with E-state index in [0.29, 0.717) is 22.4 Å². The summed E-state index contributed by atoms with van der Waals surface area (Å²) in [5.41, 5.74) is 1.43. The minimum Gasteiger partial charge on any atom is -0.486 e. The second-order valence-corrected chi connectivity index (χ2v) is 5.76. The smallest absolute Gasteiger partial charge is 0.337 e. The average molecular weight is 351 g/mol. The summed E-state index contributed by atoms with van der Waals surface area (Å²) >= 11 is 5.80. The molecule has 1 aliphatic heterocycles. The molecular weight excluding hydrogens is 338 g/mol. The molecule has 1 unspecified atom stereocenters. The molecule has 0 bridgehead atoms. The van der Waals surface area contributed by atoms with Gasteiger partial charge in [-0.15, -0.1) is 0 Å². The molecule has 3 rings (SSSR count). The molecule has 24 heavy (non-hydrogen) atoms. The maximum Gasteiger partial charge on any atom is 0.337 e. The maximum absolute atomic E-state index is 14.3. The van der Waals surface area contributed by atoms with Crippen LogP contribution in [0.25, 0.3) is 5.57 Å². The molecule has 0 fully saturated rings. The first-order valence-corrected chi connectivity index (χ1v) is 7.54. The van der Waals surface area contributed by atoms with Gasteiger partial charge in [-0.05, 0) is 42.8 Å². The van der Waals surface area contributed by atoms with E-state index >= 15 is 0 Å². The van der Waals surface area contributed by atoms with Crippen LogP contribution in [0.3, 0.4) is 0 Å². The number of carbonyl (C=O) groups is 1. The van der Waals surface area contributed by atoms with Crippen LogP contribution in [0.2, 0.25) is 5.02 Å². The summed E-state index contributed by atoms with van der Waals surface area (Å²) in [5, 5.41) is -0.183. The van der Waals surface area contributed by atoms with Gasteiger partial charge in [-0.25, -0.2) is 13.6 Å². The third kappa shape index (κ3) is 2.87. The van der Waals surface area contributed by atoms with Gasteiger partial charge in [0.25, 0.3) is 0 Å². The predicted molar refractivity (Wildman–Crippen MR) is 86.3 cm³/mol. The number of halogens is 3. The Labute approximate surface area is 142 Å². The van der Waals surface area contributed by atoms with Gasteiger partial charge in [0.1, 0.15) is 23.5 Å². The molecule has 3 nitrogen and oxygen atoms in total. The number of hydrogen-bond donors (Lipinski definition) is 0. The zero-order valence-electron chi connectivity index (χ0n) is 12.9. The lowest BCUT2D eigenvalue weighted by Crippen LogP contribution is -2.16. The second-order valence-electron chi connectivity index (χ2n) is 5.35. The normalized spacial score (nSPS) is 16.0. The number of hydrogen-bond acceptors (Lipinski definition) is 3. The molecule has 1 atom stereocenters. The quantitative estimate of drug-likeness (QED) is 0.585. The molecule has 1 aliphatic rings. The summed E-state index contributed by atoms with van der Waals surface area (Å²) in [6, 6.07) is 6.70. The van der Waals surface area contributed by atoms with Gasteiger partial charge >= 0.3 is 5.97 Å². The number of benzene rings is 2. The number of rotatable bonds is 2. The highest BCUT2D eigenvalue weighted by molar-refractivity contribution is 6.31. The Morgan fingerprint density at radius 2 is 1.92 bits per heavy atom. The van der Waals surface area contributed by atoms with Crippen molar-refractivity contribution in [3.8, 4) is 5.75 Å². The van der Waals surface area contributed by atoms with Crippen molar-refractivity contribution in [3.05, 3.63) is 69.8 Å². The maximum atomic E-state index is 14.3. The summed E-state index contributed by atoms with van der Waals surface area (Å²) in [4.78, 5) is 11.7. The van der Waals surface area contributed by atoms with Crippen molar-refractivity contribution in [1.29, 1.82) is 0 Å². The number of carbonyl (C=O) groups excluding carboxylic acids is 1. The minimum atomic E-state index is -0.831. The monoisotopic (exact) mass is 350 g/mol. The highest BCUT2D eigenvalue weighted by Crippen LogP contribution is 2.38. The molecule has 0 N–H and O–H groups in total. The van der Waals surface area contributed by atoms with Crippen molar-refractivity contribution in [2.24, 2.45) is 0 Å². The van der Waals surface area contributed by atoms with Crippen LogP contribution in [0.5, 0.6) is 5.75 Å². The number of methoxy groups -OCH3 is 1. The molecule has 0 aliphatic carbocycles. The molecule has 2 aromatic carbocycles. The number of ether oxygens (including phenoxy) is 2. The molecule has 0 aromatic heterocycles. The summed E-state index contributed by atoms with van der Waals surface area (Å²) in [6.07, 6.45) is 1.37. The fraction of sp³-hybridized carbons (Fsp3) is 0.167. The lowest BCUT2D eigenvalue weighted by Gasteiger charge is -2.24. The molecule has 6 heteroatoms. The molecule has 1 heterocycles. The zero-order valence-corrected chi connectivity index (χ0v) is 13.7. The molecular formula is C18H13ClF2O3. The van der Waals surface area contributed by atoms with Crippen molar-refractivity contribution >= 4 is 23.1 Å². The first-order chi connectivity index (χ1) is 11.4. The van der Waals surface area contributed by atoms with Gasteiger partial charge in [0.2, 0.25) is 0 Å². The van der Waals surface area contributed by atoms with Gasteiger partial charge < -0.3 is 9.47 Å². The van der Waals surface area contributed by atoms with Crippen LogP contribution >= 0.6 is 11.6 Å². The van der Waals surface area contributed by atoms with E-state index in [9.17, 15) is 13.6 Å². The first-order valence-electron chi connectivity index (χ1n) is 7.17. The van der Waals surface area contributed by atoms with Gasteiger partial charge in [0, 0.05) is 17.2 Å². The molecule has 0 spiro atoms. The van der Waals surface area contributed by atoms with Gasteiger partial charge in [0.15, 0.2) is 0 Å². The molecule has 124 valence electrons. The van der Waals surface area contributed by atoms with Gasteiger partial charge in [-0.3, -0.25) is 0 Å². The molecule has 0 radical (unpaired) electrons. The standard InChI is InChI=1S/C18H13ClF2O3/c1-9-5-11(12-7-14(19)16(21)8-15(12)20)13-6-10(18(22)23-2)3-4-17(13)24-9/h3-9H,1-2H3. The van der Waals surface area contributed by atoms with Crippen LogP contribution in [-0.4, -0.2) is 19.2 Å². The highest BCUT2D eigenvalue weighted by Gasteiger charge is 2.24. The topological polar surface area (TPSA) is 35.5 Å². The van der Waals surface area contributed by atoms with Crippen molar-refractivity contribution in [2.45, 2.75) is 13.0 Å². The second kappa shape index (κ2) is 6.24. The largest absolute Gasteiger partial charge is 0.486 e. The summed E-state index contributed by atoms with van der Waals surface area (Å²) < 4.78 is 38.1. The number of fused-ring (bicyclic) bond motifs is 1. The van der Waals surface area contributed by atoms with Crippen molar-refractivity contribution in [2.75, 3.05) is 7.11 Å². The summed E-state index contributed by atoms with van der Waals surface area (Å²) in [5.74, 6) is -1.60. The van der Waals surface area contributed by atoms with Crippen LogP contribution in [0.1, 0.15) is 28.4 Å². The van der Waals surface area contributed by atoms with Gasteiger partial charge in [-0.2, -0.15) is 0 Å². The first kappa shape index (κ1) is 16.5. The average Bonchev–Trinajstić information content (AvgIpc) is 2.56. The lowest BCUT2D eigenvalue weighted by atomic mass is 9.92. The SMILES string of the molecule is COC(=O)c1ccc2c(c1)C(c1cc(Cl)c(F)cc1F)=CC(C)O2. The number of esters is 1. The Bertz CT molecular complexity index is 862. The fourth-order valence-electron chi connectivity index (χ4n) is 2.61. The molecule has 0 amide bonds. The third-order valence-electron chi connectivity index (χ3n) is 3.71. The zero-order chi connectivity index (χ0) is 17.4. The Hall–Kier alpha value is -2.40. The van der Waals surface area contributed by atoms with Crippen LogP contribution in [0.15, 0.2) is 36.4 Å². The highest BCUT2D eigenvalue weighted by atomic mass is 35.5. The van der Waals surface area contributed by atoms with Crippen LogP contribution < -0.4 is 4.74 Å². The summed E-state index contributed by atoms with van der Waals surface area (Å²) in [6.45, 7) is 1.79. The van der Waals surface area contributed by atoms with Crippen molar-refractivity contribution < 1.29 is 23.0 Å². The van der Waals surface area contributed by atoms with E-state index in [2.05, 4.69) is 0 Å². The van der Waals surface area contributed by atoms with E-state index in [-0.39, 0.29) is 16.7 Å². The Morgan fingerprint density at radius 3 is 2.62 bits per heavy atom. The van der Waals surface area contributed by atoms with Crippen LogP contribution in [-0.2, 0) is 4.74 Å². The van der Waals surface area contributed by atoms with Gasteiger partial charge in [-0.1, -0.05) is 11.6 Å². The van der Waals surface area contributed by atoms with E-state index in [1.165, 1.54) is 13.2 Å². The molecule has 0 saturated heterocycles. The van der Waals surface area contributed by atoms with E-state index in [4.69, 9.17) is 21.1 Å². The molecule has 0 saturated carbocycles. The molecule has 2 aromatic rings. The summed E-state index contributed by atoms with van der Waals surface area (Å²) in [7, 11) is 1.27. The fourth-order valence-corrected chi connectivity index (χ4v) is 2.77. The predicted octanol–water partition coefficient (Wildman–Crippen LogP) is 4.62. The van der Waals surface area contributed by atoms with E-state index < -0.39 is 17.6 Å².